The number of rotatable bonds is 2. The second-order valence-electron chi connectivity index (χ2n) is 2.65. The second kappa shape index (κ2) is 8.12. The van der Waals surface area contributed by atoms with E-state index in [0.29, 0.717) is 18.1 Å². The highest BCUT2D eigenvalue weighted by atomic mass is 16.6. The van der Waals surface area contributed by atoms with Crippen molar-refractivity contribution in [1.29, 1.82) is 0 Å². The second-order valence-corrected chi connectivity index (χ2v) is 2.65. The van der Waals surface area contributed by atoms with Crippen molar-refractivity contribution in [1.82, 2.24) is 0 Å². The molecule has 0 bridgehead atoms. The van der Waals surface area contributed by atoms with Gasteiger partial charge in [-0.3, -0.25) is 0 Å². The lowest BCUT2D eigenvalue weighted by molar-refractivity contribution is -0.0339. The fraction of sp³-hybridized carbons (Fsp3) is 0.500. The molecule has 1 atom stereocenters. The average Bonchev–Trinajstić information content (AvgIpc) is 2.32. The molecule has 3 heteroatoms. The van der Waals surface area contributed by atoms with E-state index >= 15 is 0 Å². The van der Waals surface area contributed by atoms with Crippen LogP contribution in [0.2, 0.25) is 0 Å². The number of allylic oxidation sites excluding steroid dienone is 3. The van der Waals surface area contributed by atoms with Crippen LogP contribution < -0.4 is 0 Å². The molecule has 0 aromatic rings. The molecule has 0 amide bonds. The summed E-state index contributed by atoms with van der Waals surface area (Å²) in [7, 11) is 0. The van der Waals surface area contributed by atoms with Gasteiger partial charge in [-0.05, 0) is 19.1 Å². The third-order valence-electron chi connectivity index (χ3n) is 1.70. The summed E-state index contributed by atoms with van der Waals surface area (Å²) >= 11 is 0. The Morgan fingerprint density at radius 2 is 2.13 bits per heavy atom. The Morgan fingerprint density at radius 3 is 2.60 bits per heavy atom. The largest absolute Gasteiger partial charge is 0.486 e. The van der Waals surface area contributed by atoms with Gasteiger partial charge in [0.05, 0.1) is 6.61 Å². The van der Waals surface area contributed by atoms with Gasteiger partial charge in [-0.15, -0.1) is 0 Å². The number of hydrogen-bond acceptors (Lipinski definition) is 3. The maximum Gasteiger partial charge on any atom is 0.161 e. The highest BCUT2D eigenvalue weighted by molar-refractivity contribution is 5.24. The maximum atomic E-state index is 8.86. The minimum absolute atomic E-state index is 0.0362. The smallest absolute Gasteiger partial charge is 0.161 e. The van der Waals surface area contributed by atoms with E-state index in [-0.39, 0.29) is 12.7 Å². The van der Waals surface area contributed by atoms with Gasteiger partial charge in [0.1, 0.15) is 6.61 Å². The lowest BCUT2D eigenvalue weighted by Gasteiger charge is -2.26. The Bertz CT molecular complexity index is 241. The van der Waals surface area contributed by atoms with E-state index in [1.54, 1.807) is 12.2 Å². The van der Waals surface area contributed by atoms with Gasteiger partial charge < -0.3 is 14.6 Å². The van der Waals surface area contributed by atoms with Crippen molar-refractivity contribution >= 4 is 0 Å². The molecule has 0 spiro atoms. The van der Waals surface area contributed by atoms with Crippen LogP contribution in [0, 0.1) is 0 Å². The molecule has 0 saturated carbocycles. The predicted octanol–water partition coefficient (Wildman–Crippen LogP) is 2.39. The van der Waals surface area contributed by atoms with E-state index in [0.717, 1.165) is 0 Å². The Balaban J connectivity index is 0.000000921. The van der Waals surface area contributed by atoms with Crippen LogP contribution in [-0.4, -0.2) is 24.4 Å². The van der Waals surface area contributed by atoms with Crippen LogP contribution in [0.1, 0.15) is 20.8 Å². The van der Waals surface area contributed by atoms with Crippen molar-refractivity contribution in [2.75, 3.05) is 13.2 Å². The van der Waals surface area contributed by atoms with Gasteiger partial charge >= 0.3 is 0 Å². The predicted molar refractivity (Wildman–Crippen MR) is 61.3 cm³/mol. The molecule has 1 N–H and O–H groups in total. The van der Waals surface area contributed by atoms with Crippen molar-refractivity contribution in [2.24, 2.45) is 0 Å². The van der Waals surface area contributed by atoms with E-state index in [2.05, 4.69) is 6.58 Å². The molecule has 1 fully saturated rings. The molecule has 1 heterocycles. The molecule has 86 valence electrons. The number of aliphatic hydroxyl groups excluding tert-OH is 1. The zero-order valence-corrected chi connectivity index (χ0v) is 9.69. The first-order valence-corrected chi connectivity index (χ1v) is 5.21. The summed E-state index contributed by atoms with van der Waals surface area (Å²) in [4.78, 5) is 0. The Kier molecular flexibility index (Phi) is 7.46. The topological polar surface area (TPSA) is 38.7 Å². The molecular weight excluding hydrogens is 192 g/mol. The van der Waals surface area contributed by atoms with Crippen LogP contribution in [0.25, 0.3) is 0 Å². The van der Waals surface area contributed by atoms with Crippen LogP contribution in [-0.2, 0) is 9.47 Å². The highest BCUT2D eigenvalue weighted by Gasteiger charge is 2.21. The number of hydrogen-bond donors (Lipinski definition) is 1. The summed E-state index contributed by atoms with van der Waals surface area (Å²) < 4.78 is 10.8. The molecule has 0 aromatic heterocycles. The van der Waals surface area contributed by atoms with Crippen molar-refractivity contribution in [3.05, 3.63) is 36.3 Å². The maximum absolute atomic E-state index is 8.86. The first-order valence-electron chi connectivity index (χ1n) is 5.21. The summed E-state index contributed by atoms with van der Waals surface area (Å²) in [6.07, 6.45) is 4.90. The number of ether oxygens (including phenoxy) is 2. The summed E-state index contributed by atoms with van der Waals surface area (Å²) in [5, 5.41) is 8.86. The molecule has 0 unspecified atom stereocenters. The van der Waals surface area contributed by atoms with Crippen molar-refractivity contribution < 1.29 is 14.6 Å². The normalized spacial score (nSPS) is 24.9. The Labute approximate surface area is 91.7 Å². The first-order chi connectivity index (χ1) is 7.31. The molecule has 1 aliphatic rings. The molecular formula is C12H20O3. The van der Waals surface area contributed by atoms with Gasteiger partial charge in [0.15, 0.2) is 17.6 Å². The average molecular weight is 212 g/mol. The SMILES string of the molecule is C=C/C=C1/O[C@@H](CO)CO/C1=C/C.CC. The van der Waals surface area contributed by atoms with Gasteiger partial charge in [-0.1, -0.05) is 26.5 Å². The van der Waals surface area contributed by atoms with Gasteiger partial charge in [0, 0.05) is 0 Å². The van der Waals surface area contributed by atoms with Crippen LogP contribution in [0.4, 0.5) is 0 Å². The summed E-state index contributed by atoms with van der Waals surface area (Å²) in [5.41, 5.74) is 0. The monoisotopic (exact) mass is 212 g/mol. The molecule has 1 rings (SSSR count). The van der Waals surface area contributed by atoms with Gasteiger partial charge in [-0.25, -0.2) is 0 Å². The molecule has 15 heavy (non-hydrogen) atoms. The lowest BCUT2D eigenvalue weighted by atomic mass is 10.3. The minimum atomic E-state index is -0.269. The third kappa shape index (κ3) is 4.21. The van der Waals surface area contributed by atoms with Gasteiger partial charge in [-0.2, -0.15) is 0 Å². The fourth-order valence-corrected chi connectivity index (χ4v) is 1.07. The van der Waals surface area contributed by atoms with Crippen molar-refractivity contribution in [2.45, 2.75) is 26.9 Å². The summed E-state index contributed by atoms with van der Waals surface area (Å²) in [6.45, 7) is 9.80. The van der Waals surface area contributed by atoms with E-state index in [1.165, 1.54) is 0 Å². The molecule has 0 aliphatic carbocycles. The van der Waals surface area contributed by atoms with E-state index in [9.17, 15) is 0 Å². The van der Waals surface area contributed by atoms with Crippen molar-refractivity contribution in [3.8, 4) is 0 Å². The van der Waals surface area contributed by atoms with Crippen LogP contribution in [0.15, 0.2) is 36.3 Å². The zero-order chi connectivity index (χ0) is 11.7. The molecule has 1 aliphatic heterocycles. The molecule has 1 saturated heterocycles. The van der Waals surface area contributed by atoms with Crippen LogP contribution in [0.3, 0.4) is 0 Å². The van der Waals surface area contributed by atoms with Gasteiger partial charge in [0.2, 0.25) is 0 Å². The summed E-state index contributed by atoms with van der Waals surface area (Å²) in [5.74, 6) is 1.33. The quantitative estimate of drug-likeness (QED) is 0.764. The van der Waals surface area contributed by atoms with Crippen LogP contribution in [0.5, 0.6) is 0 Å². The lowest BCUT2D eigenvalue weighted by Crippen LogP contribution is -2.29. The minimum Gasteiger partial charge on any atom is -0.486 e. The third-order valence-corrected chi connectivity index (χ3v) is 1.70. The Morgan fingerprint density at radius 1 is 1.47 bits per heavy atom. The van der Waals surface area contributed by atoms with Gasteiger partial charge in [0.25, 0.3) is 0 Å². The summed E-state index contributed by atoms with van der Waals surface area (Å²) in [6, 6.07) is 0. The van der Waals surface area contributed by atoms with E-state index < -0.39 is 0 Å². The molecule has 3 nitrogen and oxygen atoms in total. The standard InChI is InChI=1S/C10H14O3.C2H6/c1-3-5-10-9(4-2)12-7-8(6-11)13-10;1-2/h3-5,8,11H,1,6-7H2,2H3;1-2H3/b9-4+,10-5+;/t8-;/m0./s1. The number of aliphatic hydroxyl groups is 1. The molecule has 0 radical (unpaired) electrons. The van der Waals surface area contributed by atoms with E-state index in [1.807, 2.05) is 26.8 Å². The Hall–Kier alpha value is -1.22. The van der Waals surface area contributed by atoms with E-state index in [4.69, 9.17) is 14.6 Å². The zero-order valence-electron chi connectivity index (χ0n) is 9.69. The van der Waals surface area contributed by atoms with Crippen molar-refractivity contribution in [3.63, 3.8) is 0 Å². The molecule has 0 aromatic carbocycles. The first kappa shape index (κ1) is 13.8. The fourth-order valence-electron chi connectivity index (χ4n) is 1.07. The highest BCUT2D eigenvalue weighted by Crippen LogP contribution is 2.21. The van der Waals surface area contributed by atoms with Crippen LogP contribution >= 0.6 is 0 Å².